The number of benzene rings is 1. The highest BCUT2D eigenvalue weighted by atomic mass is 16.3. The molecule has 4 atom stereocenters. The maximum absolute atomic E-state index is 11.1. The Hall–Kier alpha value is -0.860. The molecule has 1 aromatic rings. The Morgan fingerprint density at radius 2 is 1.89 bits per heavy atom. The van der Waals surface area contributed by atoms with Crippen molar-refractivity contribution >= 4 is 0 Å². The third-order valence-corrected chi connectivity index (χ3v) is 4.64. The van der Waals surface area contributed by atoms with Gasteiger partial charge in [0, 0.05) is 18.3 Å². The molecule has 1 aliphatic rings. The van der Waals surface area contributed by atoms with Crippen molar-refractivity contribution in [2.45, 2.75) is 45.8 Å². The minimum Gasteiger partial charge on any atom is -0.384 e. The van der Waals surface area contributed by atoms with Gasteiger partial charge in [-0.15, -0.1) is 0 Å². The molecule has 1 fully saturated rings. The van der Waals surface area contributed by atoms with Crippen molar-refractivity contribution in [1.29, 1.82) is 0 Å². The van der Waals surface area contributed by atoms with Gasteiger partial charge in [0.1, 0.15) is 5.60 Å². The topological polar surface area (TPSA) is 24.7 Å². The number of piperidine rings is 1. The minimum absolute atomic E-state index is 0.305. The van der Waals surface area contributed by atoms with Crippen LogP contribution in [-0.4, -0.2) is 24.2 Å². The number of rotatable bonds is 3. The van der Waals surface area contributed by atoms with E-state index in [1.807, 2.05) is 18.2 Å². The zero-order chi connectivity index (χ0) is 14.0. The largest absolute Gasteiger partial charge is 0.384 e. The second kappa shape index (κ2) is 5.64. The molecule has 2 rings (SSSR count). The van der Waals surface area contributed by atoms with Gasteiger partial charge in [-0.25, -0.2) is 0 Å². The molecule has 0 radical (unpaired) electrons. The van der Waals surface area contributed by atoms with E-state index in [0.29, 0.717) is 17.9 Å². The van der Waals surface area contributed by atoms with Crippen LogP contribution in [0, 0.1) is 11.8 Å². The van der Waals surface area contributed by atoms with Gasteiger partial charge in [0.05, 0.1) is 19.1 Å². The second-order valence-corrected chi connectivity index (χ2v) is 6.76. The van der Waals surface area contributed by atoms with Crippen molar-refractivity contribution in [2.24, 2.45) is 11.8 Å². The fraction of sp³-hybridized carbons (Fsp3) is 0.647. The molecule has 106 valence electrons. The molecular formula is C17H28NO+. The Bertz CT molecular complexity index is 403. The van der Waals surface area contributed by atoms with Gasteiger partial charge in [-0.2, -0.15) is 0 Å². The highest BCUT2D eigenvalue weighted by molar-refractivity contribution is 5.23. The number of hydrogen-bond acceptors (Lipinski definition) is 1. The van der Waals surface area contributed by atoms with E-state index < -0.39 is 5.60 Å². The highest BCUT2D eigenvalue weighted by Crippen LogP contribution is 2.35. The summed E-state index contributed by atoms with van der Waals surface area (Å²) in [4.78, 5) is 1.64. The molecule has 0 amide bonds. The lowest BCUT2D eigenvalue weighted by Gasteiger charge is -2.45. The SMILES string of the molecule is CC(C)C[NH+]1C[C@H](C)[C@@](O)(c2ccccc2)C[C@@H]1C. The second-order valence-electron chi connectivity index (χ2n) is 6.76. The summed E-state index contributed by atoms with van der Waals surface area (Å²) in [6.45, 7) is 11.3. The molecule has 2 N–H and O–H groups in total. The molecule has 1 aromatic carbocycles. The van der Waals surface area contributed by atoms with Gasteiger partial charge in [-0.1, -0.05) is 51.1 Å². The highest BCUT2D eigenvalue weighted by Gasteiger charge is 2.45. The van der Waals surface area contributed by atoms with Crippen LogP contribution in [0.25, 0.3) is 0 Å². The van der Waals surface area contributed by atoms with Gasteiger partial charge in [0.25, 0.3) is 0 Å². The third-order valence-electron chi connectivity index (χ3n) is 4.64. The molecule has 0 bridgehead atoms. The normalized spacial score (nSPS) is 35.6. The van der Waals surface area contributed by atoms with Crippen LogP contribution in [0.1, 0.15) is 39.7 Å². The van der Waals surface area contributed by atoms with Gasteiger partial charge in [-0.05, 0) is 12.5 Å². The van der Waals surface area contributed by atoms with E-state index in [2.05, 4.69) is 39.8 Å². The van der Waals surface area contributed by atoms with E-state index in [-0.39, 0.29) is 0 Å². The molecular weight excluding hydrogens is 234 g/mol. The maximum atomic E-state index is 11.1. The minimum atomic E-state index is -0.652. The van der Waals surface area contributed by atoms with Crippen molar-refractivity contribution in [1.82, 2.24) is 0 Å². The fourth-order valence-corrected chi connectivity index (χ4v) is 3.51. The molecule has 0 spiro atoms. The molecule has 1 heterocycles. The molecule has 1 aliphatic heterocycles. The van der Waals surface area contributed by atoms with Gasteiger partial charge >= 0.3 is 0 Å². The van der Waals surface area contributed by atoms with Crippen LogP contribution in [0.5, 0.6) is 0 Å². The van der Waals surface area contributed by atoms with Crippen LogP contribution in [0.2, 0.25) is 0 Å². The third kappa shape index (κ3) is 3.01. The average Bonchev–Trinajstić information content (AvgIpc) is 2.36. The van der Waals surface area contributed by atoms with Crippen molar-refractivity contribution < 1.29 is 10.0 Å². The predicted molar refractivity (Wildman–Crippen MR) is 79.1 cm³/mol. The van der Waals surface area contributed by atoms with Crippen LogP contribution < -0.4 is 4.90 Å². The monoisotopic (exact) mass is 262 g/mol. The summed E-state index contributed by atoms with van der Waals surface area (Å²) in [5.74, 6) is 1.02. The van der Waals surface area contributed by atoms with Crippen molar-refractivity contribution in [3.8, 4) is 0 Å². The summed E-state index contributed by atoms with van der Waals surface area (Å²) in [6.07, 6.45) is 0.861. The summed E-state index contributed by atoms with van der Waals surface area (Å²) < 4.78 is 0. The van der Waals surface area contributed by atoms with Gasteiger partial charge in [-0.3, -0.25) is 0 Å². The van der Waals surface area contributed by atoms with E-state index in [1.165, 1.54) is 6.54 Å². The summed E-state index contributed by atoms with van der Waals surface area (Å²) in [7, 11) is 0. The molecule has 0 aromatic heterocycles. The smallest absolute Gasteiger partial charge is 0.103 e. The van der Waals surface area contributed by atoms with Gasteiger partial charge in [0.15, 0.2) is 0 Å². The quantitative estimate of drug-likeness (QED) is 0.854. The number of nitrogens with one attached hydrogen (secondary N) is 1. The van der Waals surface area contributed by atoms with Crippen LogP contribution in [0.3, 0.4) is 0 Å². The molecule has 0 saturated carbocycles. The first-order chi connectivity index (χ1) is 8.93. The van der Waals surface area contributed by atoms with Crippen LogP contribution in [0.15, 0.2) is 30.3 Å². The summed E-state index contributed by atoms with van der Waals surface area (Å²) >= 11 is 0. The number of aliphatic hydroxyl groups is 1. The van der Waals surface area contributed by atoms with Crippen LogP contribution in [-0.2, 0) is 5.60 Å². The Morgan fingerprint density at radius 1 is 1.26 bits per heavy atom. The lowest BCUT2D eigenvalue weighted by atomic mass is 9.74. The first-order valence-corrected chi connectivity index (χ1v) is 7.56. The van der Waals surface area contributed by atoms with Gasteiger partial charge in [0.2, 0.25) is 0 Å². The van der Waals surface area contributed by atoms with Crippen molar-refractivity contribution in [3.05, 3.63) is 35.9 Å². The summed E-state index contributed by atoms with van der Waals surface area (Å²) in [5.41, 5.74) is 0.430. The summed E-state index contributed by atoms with van der Waals surface area (Å²) in [5, 5.41) is 11.1. The van der Waals surface area contributed by atoms with Crippen LogP contribution >= 0.6 is 0 Å². The van der Waals surface area contributed by atoms with Crippen LogP contribution in [0.4, 0.5) is 0 Å². The first kappa shape index (κ1) is 14.5. The molecule has 1 unspecified atom stereocenters. The summed E-state index contributed by atoms with van der Waals surface area (Å²) in [6, 6.07) is 10.7. The van der Waals surface area contributed by atoms with E-state index in [9.17, 15) is 5.11 Å². The maximum Gasteiger partial charge on any atom is 0.103 e. The van der Waals surface area contributed by atoms with Crippen molar-refractivity contribution in [3.63, 3.8) is 0 Å². The first-order valence-electron chi connectivity index (χ1n) is 7.56. The number of likely N-dealkylation sites (tertiary alicyclic amines) is 1. The van der Waals surface area contributed by atoms with E-state index in [4.69, 9.17) is 0 Å². The number of hydrogen-bond donors (Lipinski definition) is 2. The zero-order valence-electron chi connectivity index (χ0n) is 12.7. The Kier molecular flexibility index (Phi) is 4.32. The Balaban J connectivity index is 2.18. The lowest BCUT2D eigenvalue weighted by Crippen LogP contribution is -3.18. The molecule has 1 saturated heterocycles. The Labute approximate surface area is 117 Å². The van der Waals surface area contributed by atoms with E-state index >= 15 is 0 Å². The van der Waals surface area contributed by atoms with E-state index in [0.717, 1.165) is 18.5 Å². The molecule has 0 aliphatic carbocycles. The lowest BCUT2D eigenvalue weighted by molar-refractivity contribution is -0.938. The van der Waals surface area contributed by atoms with Gasteiger partial charge < -0.3 is 10.0 Å². The van der Waals surface area contributed by atoms with Crippen molar-refractivity contribution in [2.75, 3.05) is 13.1 Å². The van der Waals surface area contributed by atoms with E-state index in [1.54, 1.807) is 4.90 Å². The Morgan fingerprint density at radius 3 is 2.47 bits per heavy atom. The standard InChI is InChI=1S/C17H27NO/c1-13(2)11-18-12-14(3)17(19,10-15(18)4)16-8-6-5-7-9-16/h5-9,13-15,19H,10-12H2,1-4H3/p+1/t14-,15-,17+/m0/s1. The zero-order valence-corrected chi connectivity index (χ0v) is 12.7. The number of quaternary nitrogens is 1. The average molecular weight is 262 g/mol. The molecule has 2 heteroatoms. The molecule has 2 nitrogen and oxygen atoms in total. The fourth-order valence-electron chi connectivity index (χ4n) is 3.51. The predicted octanol–water partition coefficient (Wildman–Crippen LogP) is 1.84. The molecule has 19 heavy (non-hydrogen) atoms.